The van der Waals surface area contributed by atoms with Crippen LogP contribution in [-0.2, 0) is 21.4 Å². The number of halogens is 2. The predicted octanol–water partition coefficient (Wildman–Crippen LogP) is 5.22. The topological polar surface area (TPSA) is 75.7 Å². The van der Waals surface area contributed by atoms with Crippen LogP contribution in [0.1, 0.15) is 12.5 Å². The number of amides is 1. The third-order valence-corrected chi connectivity index (χ3v) is 6.81. The Morgan fingerprint density at radius 1 is 0.938 bits per heavy atom. The minimum Gasteiger partial charge on any atom is -0.492 e. The average Bonchev–Trinajstić information content (AvgIpc) is 2.76. The summed E-state index contributed by atoms with van der Waals surface area (Å²) in [6, 6.07) is 19.6. The average molecular weight is 493 g/mol. The molecule has 0 heterocycles. The lowest BCUT2D eigenvalue weighted by atomic mass is 10.2. The Morgan fingerprint density at radius 2 is 1.53 bits per heavy atom. The summed E-state index contributed by atoms with van der Waals surface area (Å²) in [5, 5.41) is 3.69. The molecule has 0 saturated carbocycles. The second-order valence-corrected chi connectivity index (χ2v) is 9.64. The maximum absolute atomic E-state index is 13.3. The van der Waals surface area contributed by atoms with Crippen molar-refractivity contribution >= 4 is 44.8 Å². The van der Waals surface area contributed by atoms with E-state index in [1.165, 1.54) is 24.3 Å². The van der Waals surface area contributed by atoms with Gasteiger partial charge in [0.2, 0.25) is 15.9 Å². The van der Waals surface area contributed by atoms with E-state index in [1.807, 2.05) is 6.92 Å². The minimum atomic E-state index is -3.98. The number of para-hydroxylation sites is 2. The van der Waals surface area contributed by atoms with E-state index in [0.717, 1.165) is 4.31 Å². The predicted molar refractivity (Wildman–Crippen MR) is 127 cm³/mol. The lowest BCUT2D eigenvalue weighted by Gasteiger charge is -2.22. The largest absolute Gasteiger partial charge is 0.492 e. The zero-order valence-electron chi connectivity index (χ0n) is 17.3. The van der Waals surface area contributed by atoms with Crippen LogP contribution in [0, 0.1) is 0 Å². The lowest BCUT2D eigenvalue weighted by Crippen LogP contribution is -2.37. The van der Waals surface area contributed by atoms with Gasteiger partial charge in [-0.3, -0.25) is 4.79 Å². The van der Waals surface area contributed by atoms with Crippen molar-refractivity contribution < 1.29 is 17.9 Å². The zero-order valence-corrected chi connectivity index (χ0v) is 19.6. The molecule has 168 valence electrons. The van der Waals surface area contributed by atoms with Crippen molar-refractivity contribution in [1.82, 2.24) is 4.31 Å². The van der Waals surface area contributed by atoms with Crippen LogP contribution in [0.2, 0.25) is 10.0 Å². The molecule has 1 N–H and O–H groups in total. The highest BCUT2D eigenvalue weighted by Crippen LogP contribution is 2.25. The number of ether oxygens (including phenoxy) is 1. The number of hydrogen-bond acceptors (Lipinski definition) is 4. The van der Waals surface area contributed by atoms with Gasteiger partial charge in [-0.15, -0.1) is 0 Å². The van der Waals surface area contributed by atoms with Gasteiger partial charge < -0.3 is 10.1 Å². The maximum atomic E-state index is 13.3. The first-order chi connectivity index (χ1) is 15.3. The quantitative estimate of drug-likeness (QED) is 0.444. The fraction of sp³-hybridized carbons (Fsp3) is 0.174. The summed E-state index contributed by atoms with van der Waals surface area (Å²) in [7, 11) is -3.98. The Morgan fingerprint density at radius 3 is 2.16 bits per heavy atom. The molecule has 32 heavy (non-hydrogen) atoms. The van der Waals surface area contributed by atoms with Crippen molar-refractivity contribution in [2.45, 2.75) is 18.4 Å². The molecule has 0 fully saturated rings. The molecule has 1 amide bonds. The summed E-state index contributed by atoms with van der Waals surface area (Å²) >= 11 is 11.8. The van der Waals surface area contributed by atoms with Crippen molar-refractivity contribution in [2.24, 2.45) is 0 Å². The second-order valence-electron chi connectivity index (χ2n) is 6.83. The molecule has 0 aromatic heterocycles. The van der Waals surface area contributed by atoms with Gasteiger partial charge in [0.25, 0.3) is 0 Å². The van der Waals surface area contributed by atoms with Crippen LogP contribution >= 0.6 is 23.2 Å². The summed E-state index contributed by atoms with van der Waals surface area (Å²) in [5.74, 6) is 0.0109. The number of carbonyl (C=O) groups is 1. The van der Waals surface area contributed by atoms with Crippen molar-refractivity contribution in [1.29, 1.82) is 0 Å². The first-order valence-electron chi connectivity index (χ1n) is 9.81. The van der Waals surface area contributed by atoms with E-state index < -0.39 is 22.5 Å². The van der Waals surface area contributed by atoms with Gasteiger partial charge in [-0.1, -0.05) is 47.5 Å². The van der Waals surface area contributed by atoms with Crippen LogP contribution in [0.5, 0.6) is 5.75 Å². The highest BCUT2D eigenvalue weighted by atomic mass is 35.5. The summed E-state index contributed by atoms with van der Waals surface area (Å²) in [5.41, 5.74) is 1.16. The van der Waals surface area contributed by atoms with E-state index in [9.17, 15) is 13.2 Å². The SMILES string of the molecule is CCOc1ccccc1NC(=O)CN(Cc1ccc(Cl)cc1)S(=O)(=O)c1ccc(Cl)cc1. The summed E-state index contributed by atoms with van der Waals surface area (Å²) < 4.78 is 33.3. The van der Waals surface area contributed by atoms with Gasteiger partial charge in [0.1, 0.15) is 5.75 Å². The molecular formula is C23H22Cl2N2O4S. The number of benzene rings is 3. The van der Waals surface area contributed by atoms with E-state index in [-0.39, 0.29) is 11.4 Å². The first kappa shape index (κ1) is 24.1. The van der Waals surface area contributed by atoms with Gasteiger partial charge in [-0.2, -0.15) is 4.31 Å². The normalized spacial score (nSPS) is 11.4. The van der Waals surface area contributed by atoms with E-state index in [0.29, 0.717) is 33.7 Å². The fourth-order valence-electron chi connectivity index (χ4n) is 2.98. The van der Waals surface area contributed by atoms with E-state index in [1.54, 1.807) is 48.5 Å². The van der Waals surface area contributed by atoms with Crippen LogP contribution in [0.3, 0.4) is 0 Å². The molecule has 0 radical (unpaired) electrons. The molecule has 0 bridgehead atoms. The molecule has 6 nitrogen and oxygen atoms in total. The highest BCUT2D eigenvalue weighted by Gasteiger charge is 2.27. The van der Waals surface area contributed by atoms with Crippen molar-refractivity contribution in [3.8, 4) is 5.75 Å². The summed E-state index contributed by atoms with van der Waals surface area (Å²) in [4.78, 5) is 12.9. The van der Waals surface area contributed by atoms with Gasteiger partial charge in [0.15, 0.2) is 0 Å². The number of rotatable bonds is 9. The highest BCUT2D eigenvalue weighted by molar-refractivity contribution is 7.89. The Hall–Kier alpha value is -2.58. The van der Waals surface area contributed by atoms with Crippen molar-refractivity contribution in [2.75, 3.05) is 18.5 Å². The minimum absolute atomic E-state index is 0.0113. The van der Waals surface area contributed by atoms with E-state index >= 15 is 0 Å². The molecule has 3 aromatic rings. The fourth-order valence-corrected chi connectivity index (χ4v) is 4.61. The van der Waals surface area contributed by atoms with Gasteiger partial charge in [0, 0.05) is 16.6 Å². The summed E-state index contributed by atoms with van der Waals surface area (Å²) in [6.07, 6.45) is 0. The number of anilines is 1. The molecular weight excluding hydrogens is 471 g/mol. The van der Waals surface area contributed by atoms with E-state index in [2.05, 4.69) is 5.32 Å². The molecule has 0 aliphatic rings. The smallest absolute Gasteiger partial charge is 0.243 e. The van der Waals surface area contributed by atoms with E-state index in [4.69, 9.17) is 27.9 Å². The third kappa shape index (κ3) is 6.23. The molecule has 9 heteroatoms. The number of sulfonamides is 1. The monoisotopic (exact) mass is 492 g/mol. The molecule has 0 saturated heterocycles. The molecule has 0 aliphatic heterocycles. The van der Waals surface area contributed by atoms with Crippen LogP contribution in [0.4, 0.5) is 5.69 Å². The molecule has 0 aliphatic carbocycles. The van der Waals surface area contributed by atoms with Crippen LogP contribution < -0.4 is 10.1 Å². The molecule has 0 unspecified atom stereocenters. The maximum Gasteiger partial charge on any atom is 0.243 e. The van der Waals surface area contributed by atoms with Gasteiger partial charge >= 0.3 is 0 Å². The molecule has 0 spiro atoms. The van der Waals surface area contributed by atoms with Crippen LogP contribution in [-0.4, -0.2) is 31.8 Å². The third-order valence-electron chi connectivity index (χ3n) is 4.50. The molecule has 3 aromatic carbocycles. The standard InChI is InChI=1S/C23H22Cl2N2O4S/c1-2-31-22-6-4-3-5-21(22)26-23(28)16-27(15-17-7-9-18(24)10-8-17)32(29,30)20-13-11-19(25)12-14-20/h3-14H,2,15-16H2,1H3,(H,26,28). The Labute approximate surface area is 197 Å². The Balaban J connectivity index is 1.87. The van der Waals surface area contributed by atoms with Crippen molar-refractivity contribution in [3.63, 3.8) is 0 Å². The number of nitrogens with zero attached hydrogens (tertiary/aromatic N) is 1. The summed E-state index contributed by atoms with van der Waals surface area (Å²) in [6.45, 7) is 1.86. The number of nitrogens with one attached hydrogen (secondary N) is 1. The van der Waals surface area contributed by atoms with Gasteiger partial charge in [0.05, 0.1) is 23.7 Å². The lowest BCUT2D eigenvalue weighted by molar-refractivity contribution is -0.116. The van der Waals surface area contributed by atoms with Gasteiger partial charge in [-0.05, 0) is 61.0 Å². The molecule has 3 rings (SSSR count). The van der Waals surface area contributed by atoms with Gasteiger partial charge in [-0.25, -0.2) is 8.42 Å². The number of hydrogen-bond donors (Lipinski definition) is 1. The zero-order chi connectivity index (χ0) is 23.1. The Bertz CT molecular complexity index is 1170. The number of carbonyl (C=O) groups excluding carboxylic acids is 1. The van der Waals surface area contributed by atoms with Crippen LogP contribution in [0.15, 0.2) is 77.7 Å². The van der Waals surface area contributed by atoms with Crippen molar-refractivity contribution in [3.05, 3.63) is 88.4 Å². The second kappa shape index (κ2) is 10.8. The molecule has 0 atom stereocenters. The first-order valence-corrected chi connectivity index (χ1v) is 12.0. The van der Waals surface area contributed by atoms with Crippen LogP contribution in [0.25, 0.3) is 0 Å². The Kier molecular flexibility index (Phi) is 8.15.